The largest absolute Gasteiger partial charge is 0.493 e. The standard InChI is InChI=1S/C26H28N2O5S2/c1-5-6-7-12-33-19-11-10-17(14-20(19)31-3)23-22(25(30)32-4)16(2)27-26-28(23)24(29)21(35-26)15-18-9-8-13-34-18/h8-11,13-15,23H,5-7,12H2,1-4H3. The Bertz CT molecular complexity index is 1420. The predicted molar refractivity (Wildman–Crippen MR) is 138 cm³/mol. The van der Waals surface area contributed by atoms with Gasteiger partial charge >= 0.3 is 5.97 Å². The molecule has 7 nitrogen and oxygen atoms in total. The molecule has 0 saturated heterocycles. The van der Waals surface area contributed by atoms with Crippen LogP contribution in [0.2, 0.25) is 0 Å². The van der Waals surface area contributed by atoms with Crippen LogP contribution in [0, 0.1) is 0 Å². The van der Waals surface area contributed by atoms with E-state index in [1.807, 2.05) is 41.8 Å². The average molecular weight is 513 g/mol. The van der Waals surface area contributed by atoms with E-state index < -0.39 is 12.0 Å². The molecule has 0 bridgehead atoms. The molecule has 1 aliphatic heterocycles. The third-order valence-electron chi connectivity index (χ3n) is 5.75. The van der Waals surface area contributed by atoms with Crippen molar-refractivity contribution in [2.24, 2.45) is 4.99 Å². The van der Waals surface area contributed by atoms with E-state index in [0.717, 1.165) is 24.1 Å². The molecule has 1 aromatic carbocycles. The fourth-order valence-electron chi connectivity index (χ4n) is 4.02. The van der Waals surface area contributed by atoms with Gasteiger partial charge in [-0.15, -0.1) is 11.3 Å². The number of carbonyl (C=O) groups excluding carboxylic acids is 1. The normalized spacial score (nSPS) is 15.5. The molecular weight excluding hydrogens is 484 g/mol. The van der Waals surface area contributed by atoms with Gasteiger partial charge in [0.05, 0.1) is 42.7 Å². The van der Waals surface area contributed by atoms with Crippen LogP contribution in [0.5, 0.6) is 11.5 Å². The number of thiophene rings is 1. The number of fused-ring (bicyclic) bond motifs is 1. The van der Waals surface area contributed by atoms with Gasteiger partial charge in [0, 0.05) is 4.88 Å². The van der Waals surface area contributed by atoms with Gasteiger partial charge in [0.1, 0.15) is 0 Å². The molecule has 0 N–H and O–H groups in total. The molecule has 1 atom stereocenters. The third kappa shape index (κ3) is 5.11. The third-order valence-corrected chi connectivity index (χ3v) is 7.55. The van der Waals surface area contributed by atoms with E-state index in [9.17, 15) is 9.59 Å². The first-order valence-corrected chi connectivity index (χ1v) is 13.1. The van der Waals surface area contributed by atoms with Crippen molar-refractivity contribution in [2.75, 3.05) is 20.8 Å². The van der Waals surface area contributed by atoms with Crippen LogP contribution >= 0.6 is 22.7 Å². The topological polar surface area (TPSA) is 79.1 Å². The second-order valence-corrected chi connectivity index (χ2v) is 10.0. The maximum Gasteiger partial charge on any atom is 0.338 e. The number of nitrogens with zero attached hydrogens (tertiary/aromatic N) is 2. The molecule has 4 rings (SSSR count). The van der Waals surface area contributed by atoms with Crippen molar-refractivity contribution in [3.8, 4) is 11.5 Å². The number of aromatic nitrogens is 1. The van der Waals surface area contributed by atoms with Gasteiger partial charge in [-0.3, -0.25) is 9.36 Å². The predicted octanol–water partition coefficient (Wildman–Crippen LogP) is 4.05. The van der Waals surface area contributed by atoms with Crippen molar-refractivity contribution in [1.82, 2.24) is 4.57 Å². The van der Waals surface area contributed by atoms with Gasteiger partial charge in [-0.05, 0) is 48.6 Å². The fourth-order valence-corrected chi connectivity index (χ4v) is 5.79. The highest BCUT2D eigenvalue weighted by atomic mass is 32.1. The molecule has 1 unspecified atom stereocenters. The summed E-state index contributed by atoms with van der Waals surface area (Å²) < 4.78 is 18.7. The average Bonchev–Trinajstić information content (AvgIpc) is 3.48. The van der Waals surface area contributed by atoms with Crippen LogP contribution in [0.25, 0.3) is 6.08 Å². The van der Waals surface area contributed by atoms with Crippen molar-refractivity contribution in [2.45, 2.75) is 39.2 Å². The molecule has 0 spiro atoms. The summed E-state index contributed by atoms with van der Waals surface area (Å²) in [5.74, 6) is 0.638. The zero-order chi connectivity index (χ0) is 24.9. The number of rotatable bonds is 9. The summed E-state index contributed by atoms with van der Waals surface area (Å²) in [6.07, 6.45) is 5.01. The van der Waals surface area contributed by atoms with Crippen LogP contribution < -0.4 is 24.4 Å². The van der Waals surface area contributed by atoms with Crippen LogP contribution in [-0.2, 0) is 9.53 Å². The number of allylic oxidation sites excluding steroid dienone is 1. The van der Waals surface area contributed by atoms with Crippen LogP contribution in [0.3, 0.4) is 0 Å². The minimum atomic E-state index is -0.702. The summed E-state index contributed by atoms with van der Waals surface area (Å²) in [7, 11) is 2.90. The molecule has 0 amide bonds. The summed E-state index contributed by atoms with van der Waals surface area (Å²) in [5, 5.41) is 1.96. The number of thiazole rings is 1. The van der Waals surface area contributed by atoms with Crippen molar-refractivity contribution in [3.63, 3.8) is 0 Å². The second kappa shape index (κ2) is 11.0. The Hall–Kier alpha value is -3.17. The second-order valence-electron chi connectivity index (χ2n) is 8.05. The van der Waals surface area contributed by atoms with Gasteiger partial charge in [-0.1, -0.05) is 43.2 Å². The van der Waals surface area contributed by atoms with Gasteiger partial charge < -0.3 is 14.2 Å². The number of esters is 1. The van der Waals surface area contributed by atoms with E-state index >= 15 is 0 Å². The summed E-state index contributed by atoms with van der Waals surface area (Å²) in [5.41, 5.74) is 1.34. The van der Waals surface area contributed by atoms with Crippen LogP contribution in [-0.4, -0.2) is 31.4 Å². The highest BCUT2D eigenvalue weighted by Gasteiger charge is 2.33. The van der Waals surface area contributed by atoms with Crippen molar-refractivity contribution >= 4 is 34.7 Å². The Morgan fingerprint density at radius 3 is 2.71 bits per heavy atom. The maximum atomic E-state index is 13.6. The van der Waals surface area contributed by atoms with E-state index in [1.165, 1.54) is 18.4 Å². The Balaban J connectivity index is 1.84. The van der Waals surface area contributed by atoms with Gasteiger partial charge in [0.15, 0.2) is 16.3 Å². The smallest absolute Gasteiger partial charge is 0.338 e. The molecular formula is C26H28N2O5S2. The lowest BCUT2D eigenvalue weighted by Crippen LogP contribution is -2.39. The molecule has 35 heavy (non-hydrogen) atoms. The van der Waals surface area contributed by atoms with E-state index in [-0.39, 0.29) is 5.56 Å². The fraction of sp³-hybridized carbons (Fsp3) is 0.346. The van der Waals surface area contributed by atoms with Crippen molar-refractivity contribution in [1.29, 1.82) is 0 Å². The number of ether oxygens (including phenoxy) is 3. The minimum absolute atomic E-state index is 0.208. The van der Waals surface area contributed by atoms with Gasteiger partial charge in [-0.2, -0.15) is 0 Å². The van der Waals surface area contributed by atoms with Crippen molar-refractivity contribution in [3.05, 3.63) is 77.1 Å². The van der Waals surface area contributed by atoms with E-state index in [4.69, 9.17) is 14.2 Å². The monoisotopic (exact) mass is 512 g/mol. The Morgan fingerprint density at radius 1 is 1.20 bits per heavy atom. The number of methoxy groups -OCH3 is 2. The Kier molecular flexibility index (Phi) is 7.87. The molecule has 3 aromatic rings. The molecule has 184 valence electrons. The number of carbonyl (C=O) groups is 1. The molecule has 1 aliphatic rings. The summed E-state index contributed by atoms with van der Waals surface area (Å²) in [6.45, 7) is 4.50. The van der Waals surface area contributed by atoms with E-state index in [1.54, 1.807) is 29.9 Å². The van der Waals surface area contributed by atoms with E-state index in [0.29, 0.717) is 44.3 Å². The SMILES string of the molecule is CCCCCOc1ccc(C2C(C(=O)OC)=C(C)N=c3sc(=Cc4cccs4)c(=O)n32)cc1OC. The first-order valence-electron chi connectivity index (χ1n) is 11.4. The lowest BCUT2D eigenvalue weighted by molar-refractivity contribution is -0.136. The molecule has 3 heterocycles. The first kappa shape index (κ1) is 24.9. The summed E-state index contributed by atoms with van der Waals surface area (Å²) >= 11 is 2.86. The highest BCUT2D eigenvalue weighted by molar-refractivity contribution is 7.11. The Morgan fingerprint density at radius 2 is 2.03 bits per heavy atom. The van der Waals surface area contributed by atoms with Gasteiger partial charge in [0.2, 0.25) is 0 Å². The van der Waals surface area contributed by atoms with Crippen LogP contribution in [0.15, 0.2) is 56.8 Å². The molecule has 2 aromatic heterocycles. The number of unbranched alkanes of at least 4 members (excludes halogenated alkanes) is 2. The molecule has 0 aliphatic carbocycles. The van der Waals surface area contributed by atoms with Crippen LogP contribution in [0.1, 0.15) is 49.6 Å². The van der Waals surface area contributed by atoms with Crippen molar-refractivity contribution < 1.29 is 19.0 Å². The Labute approximate surface area is 211 Å². The number of hydrogen-bond donors (Lipinski definition) is 0. The van der Waals surface area contributed by atoms with Gasteiger partial charge in [-0.25, -0.2) is 9.79 Å². The summed E-state index contributed by atoms with van der Waals surface area (Å²) in [6, 6.07) is 8.69. The van der Waals surface area contributed by atoms with E-state index in [2.05, 4.69) is 11.9 Å². The molecule has 0 fully saturated rings. The van der Waals surface area contributed by atoms with Crippen LogP contribution in [0.4, 0.5) is 0 Å². The van der Waals surface area contributed by atoms with Gasteiger partial charge in [0.25, 0.3) is 5.56 Å². The zero-order valence-corrected chi connectivity index (χ0v) is 21.8. The molecule has 9 heteroatoms. The lowest BCUT2D eigenvalue weighted by Gasteiger charge is -2.25. The zero-order valence-electron chi connectivity index (χ0n) is 20.2. The summed E-state index contributed by atoms with van der Waals surface area (Å²) in [4.78, 5) is 32.5. The number of benzene rings is 1. The maximum absolute atomic E-state index is 13.6. The lowest BCUT2D eigenvalue weighted by atomic mass is 9.95. The first-order chi connectivity index (χ1) is 17.0. The number of hydrogen-bond acceptors (Lipinski definition) is 8. The molecule has 0 saturated carbocycles. The quantitative estimate of drug-likeness (QED) is 0.319. The minimum Gasteiger partial charge on any atom is -0.493 e. The highest BCUT2D eigenvalue weighted by Crippen LogP contribution is 2.36. The molecule has 0 radical (unpaired) electrons.